The number of thiazole rings is 2. The molecular weight excluding hydrogens is 322 g/mol. The number of methoxy groups -OCH3 is 1. The van der Waals surface area contributed by atoms with Gasteiger partial charge in [-0.25, -0.2) is 14.8 Å². The van der Waals surface area contributed by atoms with E-state index in [1.54, 1.807) is 13.1 Å². The van der Waals surface area contributed by atoms with E-state index in [4.69, 9.17) is 0 Å². The summed E-state index contributed by atoms with van der Waals surface area (Å²) in [6, 6.07) is 0. The summed E-state index contributed by atoms with van der Waals surface area (Å²) >= 11 is 2.45. The molecule has 0 aliphatic heterocycles. The molecular formula is C14H17N3O3S2. The number of carbonyl (C=O) groups excluding carboxylic acids is 2. The smallest absolute Gasteiger partial charge is 0.350 e. The van der Waals surface area contributed by atoms with E-state index in [1.165, 1.54) is 18.4 Å². The second kappa shape index (κ2) is 6.13. The molecule has 0 aromatic carbocycles. The number of anilines is 1. The van der Waals surface area contributed by atoms with Crippen LogP contribution in [0.4, 0.5) is 5.13 Å². The molecule has 0 saturated carbocycles. The minimum absolute atomic E-state index is 0.0982. The van der Waals surface area contributed by atoms with Gasteiger partial charge < -0.3 is 4.74 Å². The van der Waals surface area contributed by atoms with Crippen LogP contribution in [-0.4, -0.2) is 29.0 Å². The van der Waals surface area contributed by atoms with E-state index in [-0.39, 0.29) is 11.3 Å². The Balaban J connectivity index is 2.16. The average Bonchev–Trinajstić information content (AvgIpc) is 3.04. The molecule has 0 spiro atoms. The Labute approximate surface area is 136 Å². The molecule has 8 heteroatoms. The number of ether oxygens (including phenoxy) is 1. The van der Waals surface area contributed by atoms with E-state index in [0.29, 0.717) is 20.6 Å². The topological polar surface area (TPSA) is 81.2 Å². The summed E-state index contributed by atoms with van der Waals surface area (Å²) in [7, 11) is 1.31. The third-order valence-electron chi connectivity index (χ3n) is 2.76. The Hall–Kier alpha value is -1.80. The maximum absolute atomic E-state index is 12.2. The lowest BCUT2D eigenvalue weighted by Crippen LogP contribution is -2.10. The molecule has 6 nitrogen and oxygen atoms in total. The van der Waals surface area contributed by atoms with Gasteiger partial charge in [0.1, 0.15) is 9.75 Å². The molecule has 22 heavy (non-hydrogen) atoms. The van der Waals surface area contributed by atoms with Gasteiger partial charge in [-0.2, -0.15) is 0 Å². The molecule has 0 bridgehead atoms. The van der Waals surface area contributed by atoms with Gasteiger partial charge in [0, 0.05) is 5.41 Å². The van der Waals surface area contributed by atoms with Crippen molar-refractivity contribution in [1.29, 1.82) is 0 Å². The fraction of sp³-hybridized carbons (Fsp3) is 0.429. The number of hydrogen-bond donors (Lipinski definition) is 1. The van der Waals surface area contributed by atoms with Crippen LogP contribution in [-0.2, 0) is 10.2 Å². The molecule has 1 N–H and O–H groups in total. The average molecular weight is 339 g/mol. The van der Waals surface area contributed by atoms with E-state index < -0.39 is 5.97 Å². The summed E-state index contributed by atoms with van der Waals surface area (Å²) in [5.41, 5.74) is 0.436. The van der Waals surface area contributed by atoms with Crippen LogP contribution in [0.25, 0.3) is 0 Å². The number of carbonyl (C=O) groups is 2. The predicted molar refractivity (Wildman–Crippen MR) is 87.0 cm³/mol. The summed E-state index contributed by atoms with van der Waals surface area (Å²) in [6.07, 6.45) is 1.56. The normalized spacial score (nSPS) is 11.3. The molecule has 0 aliphatic rings. The van der Waals surface area contributed by atoms with Gasteiger partial charge in [-0.15, -0.1) is 11.3 Å². The number of aromatic nitrogens is 2. The van der Waals surface area contributed by atoms with Crippen molar-refractivity contribution >= 4 is 39.7 Å². The molecule has 0 saturated heterocycles. The Morgan fingerprint density at radius 2 is 1.95 bits per heavy atom. The van der Waals surface area contributed by atoms with Gasteiger partial charge in [-0.05, 0) is 6.92 Å². The summed E-state index contributed by atoms with van der Waals surface area (Å²) < 4.78 is 4.67. The Morgan fingerprint density at radius 3 is 2.50 bits per heavy atom. The van der Waals surface area contributed by atoms with E-state index in [1.807, 2.05) is 20.8 Å². The van der Waals surface area contributed by atoms with Crippen molar-refractivity contribution in [2.24, 2.45) is 0 Å². The van der Waals surface area contributed by atoms with Crippen LogP contribution < -0.4 is 5.32 Å². The van der Waals surface area contributed by atoms with Gasteiger partial charge in [0.05, 0.1) is 24.0 Å². The van der Waals surface area contributed by atoms with Gasteiger partial charge in [-0.1, -0.05) is 32.1 Å². The van der Waals surface area contributed by atoms with Gasteiger partial charge in [0.15, 0.2) is 5.13 Å². The van der Waals surface area contributed by atoms with Crippen molar-refractivity contribution in [3.8, 4) is 0 Å². The van der Waals surface area contributed by atoms with Crippen LogP contribution in [0.3, 0.4) is 0 Å². The van der Waals surface area contributed by atoms with Crippen LogP contribution >= 0.6 is 22.7 Å². The van der Waals surface area contributed by atoms with Crippen LogP contribution in [0.15, 0.2) is 6.20 Å². The first kappa shape index (κ1) is 16.6. The summed E-state index contributed by atoms with van der Waals surface area (Å²) in [5, 5.41) is 3.96. The number of nitrogens with one attached hydrogen (secondary N) is 1. The number of aryl methyl sites for hydroxylation is 1. The van der Waals surface area contributed by atoms with E-state index in [0.717, 1.165) is 16.3 Å². The zero-order valence-corrected chi connectivity index (χ0v) is 14.6. The van der Waals surface area contributed by atoms with Gasteiger partial charge in [0.25, 0.3) is 5.91 Å². The zero-order valence-electron chi connectivity index (χ0n) is 13.0. The van der Waals surface area contributed by atoms with Crippen molar-refractivity contribution in [3.05, 3.63) is 26.7 Å². The van der Waals surface area contributed by atoms with E-state index >= 15 is 0 Å². The third-order valence-corrected chi connectivity index (χ3v) is 5.23. The molecule has 2 rings (SSSR count). The van der Waals surface area contributed by atoms with Crippen molar-refractivity contribution in [2.75, 3.05) is 12.4 Å². The molecule has 2 aromatic rings. The minimum Gasteiger partial charge on any atom is -0.465 e. The first-order chi connectivity index (χ1) is 10.2. The molecule has 118 valence electrons. The fourth-order valence-corrected chi connectivity index (χ4v) is 3.37. The summed E-state index contributed by atoms with van der Waals surface area (Å²) in [4.78, 5) is 33.1. The first-order valence-electron chi connectivity index (χ1n) is 6.55. The maximum Gasteiger partial charge on any atom is 0.350 e. The highest BCUT2D eigenvalue weighted by Gasteiger charge is 2.22. The zero-order chi connectivity index (χ0) is 16.5. The fourth-order valence-electron chi connectivity index (χ4n) is 1.62. The molecule has 1 amide bonds. The molecule has 2 heterocycles. The summed E-state index contributed by atoms with van der Waals surface area (Å²) in [6.45, 7) is 7.82. The van der Waals surface area contributed by atoms with Gasteiger partial charge in [0.2, 0.25) is 0 Å². The molecule has 2 aromatic heterocycles. The monoisotopic (exact) mass is 339 g/mol. The molecule has 0 aliphatic carbocycles. The highest BCUT2D eigenvalue weighted by Crippen LogP contribution is 2.28. The van der Waals surface area contributed by atoms with Crippen LogP contribution in [0.2, 0.25) is 0 Å². The number of nitrogens with zero attached hydrogens (tertiary/aromatic N) is 2. The van der Waals surface area contributed by atoms with Crippen LogP contribution in [0.1, 0.15) is 50.8 Å². The van der Waals surface area contributed by atoms with Crippen molar-refractivity contribution < 1.29 is 14.3 Å². The lowest BCUT2D eigenvalue weighted by molar-refractivity contribution is 0.0605. The third kappa shape index (κ3) is 3.50. The van der Waals surface area contributed by atoms with Crippen molar-refractivity contribution in [1.82, 2.24) is 9.97 Å². The standard InChI is InChI=1S/C14H17N3O3S2/c1-7-9(11(19)20-5)22-13(16-7)17-10(18)8-6-15-12(21-8)14(2,3)4/h6H,1-5H3,(H,16,17,18). The number of rotatable bonds is 3. The Bertz CT molecular complexity index is 713. The van der Waals surface area contributed by atoms with E-state index in [9.17, 15) is 9.59 Å². The largest absolute Gasteiger partial charge is 0.465 e. The quantitative estimate of drug-likeness (QED) is 0.868. The second-order valence-corrected chi connectivity index (χ2v) is 7.69. The Kier molecular flexibility index (Phi) is 4.62. The van der Waals surface area contributed by atoms with Gasteiger partial charge >= 0.3 is 5.97 Å². The highest BCUT2D eigenvalue weighted by atomic mass is 32.1. The van der Waals surface area contributed by atoms with Crippen molar-refractivity contribution in [2.45, 2.75) is 33.1 Å². The second-order valence-electron chi connectivity index (χ2n) is 5.66. The molecule has 0 atom stereocenters. The minimum atomic E-state index is -0.455. The maximum atomic E-state index is 12.2. The lowest BCUT2D eigenvalue weighted by atomic mass is 9.98. The van der Waals surface area contributed by atoms with Gasteiger partial charge in [-0.3, -0.25) is 10.1 Å². The van der Waals surface area contributed by atoms with Crippen LogP contribution in [0, 0.1) is 6.92 Å². The number of esters is 1. The molecule has 0 radical (unpaired) electrons. The molecule has 0 unspecified atom stereocenters. The van der Waals surface area contributed by atoms with E-state index in [2.05, 4.69) is 20.0 Å². The Morgan fingerprint density at radius 1 is 1.27 bits per heavy atom. The first-order valence-corrected chi connectivity index (χ1v) is 8.19. The number of amides is 1. The SMILES string of the molecule is COC(=O)c1sc(NC(=O)c2cnc(C(C)(C)C)s2)nc1C. The van der Waals surface area contributed by atoms with Crippen LogP contribution in [0.5, 0.6) is 0 Å². The van der Waals surface area contributed by atoms with Crippen molar-refractivity contribution in [3.63, 3.8) is 0 Å². The number of hydrogen-bond acceptors (Lipinski definition) is 7. The predicted octanol–water partition coefficient (Wildman–Crippen LogP) is 3.24. The summed E-state index contributed by atoms with van der Waals surface area (Å²) in [5.74, 6) is -0.735. The highest BCUT2D eigenvalue weighted by molar-refractivity contribution is 7.18. The molecule has 0 fully saturated rings. The lowest BCUT2D eigenvalue weighted by Gasteiger charge is -2.13.